The molecule has 5 N–H and O–H groups in total. The number of pyridine rings is 1. The number of nitrogens with one attached hydrogen (secondary N) is 1. The molecule has 43 heavy (non-hydrogen) atoms. The molecule has 1 aliphatic heterocycles. The van der Waals surface area contributed by atoms with Gasteiger partial charge >= 0.3 is 0 Å². The Balaban J connectivity index is 0.00000368. The maximum absolute atomic E-state index is 13.8. The Kier molecular flexibility index (Phi) is 9.12. The molecule has 0 amide bonds. The lowest BCUT2D eigenvalue weighted by Crippen LogP contribution is -2.37. The van der Waals surface area contributed by atoms with E-state index in [1.165, 1.54) is 67.5 Å². The smallest absolute Gasteiger partial charge is 0.229 e. The molecule has 2 atom stereocenters. The van der Waals surface area contributed by atoms with Crippen molar-refractivity contribution in [3.8, 4) is 0 Å². The van der Waals surface area contributed by atoms with Crippen LogP contribution in [-0.4, -0.2) is 50.0 Å². The molecule has 234 valence electrons. The van der Waals surface area contributed by atoms with E-state index in [-0.39, 0.29) is 23.3 Å². The van der Waals surface area contributed by atoms with Crippen LogP contribution in [0.15, 0.2) is 36.4 Å². The zero-order valence-corrected chi connectivity index (χ0v) is 28.2. The summed E-state index contributed by atoms with van der Waals surface area (Å²) in [6, 6.07) is 11.9. The van der Waals surface area contributed by atoms with Gasteiger partial charge in [0.2, 0.25) is 10.0 Å². The molecule has 3 aromatic rings. The second kappa shape index (κ2) is 12.2. The van der Waals surface area contributed by atoms with Crippen LogP contribution in [0.5, 0.6) is 0 Å². The molecule has 6 rings (SSSR count). The maximum Gasteiger partial charge on any atom is 0.229 e. The first-order chi connectivity index (χ1) is 19.9. The van der Waals surface area contributed by atoms with Crippen LogP contribution in [-0.2, 0) is 22.9 Å². The highest BCUT2D eigenvalue weighted by Crippen LogP contribution is 2.52. The number of aryl methyl sites for hydroxylation is 1. The molecule has 0 radical (unpaired) electrons. The summed E-state index contributed by atoms with van der Waals surface area (Å²) in [6.07, 6.45) is 11.0. The van der Waals surface area contributed by atoms with Gasteiger partial charge in [-0.05, 0) is 123 Å². The van der Waals surface area contributed by atoms with Gasteiger partial charge < -0.3 is 11.1 Å². The molecular formula is C34H49N4O3S2+. The van der Waals surface area contributed by atoms with Crippen molar-refractivity contribution in [3.63, 3.8) is 0 Å². The van der Waals surface area contributed by atoms with Crippen LogP contribution in [0.25, 0.3) is 10.2 Å². The summed E-state index contributed by atoms with van der Waals surface area (Å²) in [6.45, 7) is 10.2. The number of ketones is 1. The van der Waals surface area contributed by atoms with Crippen molar-refractivity contribution in [1.82, 2.24) is 16.0 Å². The number of fused-ring (bicyclic) bond motifs is 2. The van der Waals surface area contributed by atoms with Crippen LogP contribution in [0.4, 0.5) is 5.69 Å². The number of nitrogens with zero attached hydrogens (tertiary/aromatic N) is 2. The Hall–Kier alpha value is -2.33. The Morgan fingerprint density at radius 2 is 1.98 bits per heavy atom. The minimum absolute atomic E-state index is 0. The van der Waals surface area contributed by atoms with Gasteiger partial charge in [0.25, 0.3) is 0 Å². The molecule has 2 aromatic heterocycles. The number of thiophene rings is 1. The largest absolute Gasteiger partial charge is 0.369 e. The highest BCUT2D eigenvalue weighted by molar-refractivity contribution is 7.92. The van der Waals surface area contributed by atoms with Gasteiger partial charge in [0.05, 0.1) is 11.1 Å². The van der Waals surface area contributed by atoms with Crippen molar-refractivity contribution < 1.29 is 13.2 Å². The van der Waals surface area contributed by atoms with E-state index in [2.05, 4.69) is 42.5 Å². The van der Waals surface area contributed by atoms with Crippen molar-refractivity contribution in [2.45, 2.75) is 84.5 Å². The fourth-order valence-corrected chi connectivity index (χ4v) is 8.74. The monoisotopic (exact) mass is 625 g/mol. The number of rotatable bonds is 9. The number of carbonyl (C=O) groups is 1. The van der Waals surface area contributed by atoms with Gasteiger partial charge in [-0.15, -0.1) is 11.3 Å². The van der Waals surface area contributed by atoms with Crippen molar-refractivity contribution >= 4 is 43.0 Å². The van der Waals surface area contributed by atoms with Crippen LogP contribution in [0.1, 0.15) is 98.1 Å². The average Bonchev–Trinajstić information content (AvgIpc) is 3.52. The molecule has 2 fully saturated rings. The molecule has 1 aromatic carbocycles. The van der Waals surface area contributed by atoms with Gasteiger partial charge in [0.15, 0.2) is 5.78 Å². The molecule has 0 unspecified atom stereocenters. The van der Waals surface area contributed by atoms with Gasteiger partial charge in [-0.3, -0.25) is 9.52 Å². The molecule has 1 spiro atoms. The second-order valence-electron chi connectivity index (χ2n) is 14.4. The standard InChI is InChI=1S/C34H45N3O3S2.H3N/c1-33(2,3)27-9-10-29-25(18-27)17-26-21-31(41-32(26)35-29)30(38)20-24(11-16-37-15-6-12-34(22-37)13-14-34)23-7-5-8-28(19-23)36-42(4,39)40;/h5,7-8,17,19,21,24,27,36H,6,9-16,18,20,22H2,1-4H3;1H3/p+1/t24-,27-;/m0./s1. The SMILES string of the molecule is CC(C)(C)[C@H]1CCc2nc3sc(C(=O)C[C@H](CCN4CCCC5(CC5)C4)c4cccc(NS(C)(=O)=O)c4)cc3cc2C1.[NH4+]. The third kappa shape index (κ3) is 7.67. The zero-order chi connectivity index (χ0) is 29.7. The van der Waals surface area contributed by atoms with Crippen LogP contribution in [0, 0.1) is 16.7 Å². The molecule has 2 aliphatic carbocycles. The van der Waals surface area contributed by atoms with Gasteiger partial charge in [0, 0.05) is 29.7 Å². The van der Waals surface area contributed by atoms with Crippen LogP contribution >= 0.6 is 11.3 Å². The minimum Gasteiger partial charge on any atom is -0.369 e. The molecule has 1 saturated carbocycles. The number of carbonyl (C=O) groups excluding carboxylic acids is 1. The van der Waals surface area contributed by atoms with Crippen LogP contribution < -0.4 is 10.9 Å². The number of benzene rings is 1. The third-order valence-corrected chi connectivity index (χ3v) is 11.6. The number of Topliss-reactive ketones (excluding diaryl/α,β-unsaturated/α-hetero) is 1. The normalized spacial score (nSPS) is 20.8. The Morgan fingerprint density at radius 1 is 1.19 bits per heavy atom. The van der Waals surface area contributed by atoms with E-state index in [1.807, 2.05) is 18.2 Å². The van der Waals surface area contributed by atoms with E-state index < -0.39 is 10.0 Å². The fourth-order valence-electron chi connectivity index (χ4n) is 7.21. The van der Waals surface area contributed by atoms with Crippen molar-refractivity contribution in [1.29, 1.82) is 0 Å². The number of sulfonamides is 1. The predicted molar refractivity (Wildman–Crippen MR) is 179 cm³/mol. The topological polar surface area (TPSA) is 116 Å². The number of hydrogen-bond donors (Lipinski definition) is 2. The summed E-state index contributed by atoms with van der Waals surface area (Å²) in [5, 5.41) is 1.08. The first kappa shape index (κ1) is 32.1. The van der Waals surface area contributed by atoms with Crippen molar-refractivity contribution in [2.75, 3.05) is 30.6 Å². The summed E-state index contributed by atoms with van der Waals surface area (Å²) >= 11 is 1.52. The highest BCUT2D eigenvalue weighted by atomic mass is 32.2. The Labute approximate surface area is 261 Å². The number of likely N-dealkylation sites (tertiary alicyclic amines) is 1. The van der Waals surface area contributed by atoms with Gasteiger partial charge in [-0.1, -0.05) is 32.9 Å². The lowest BCUT2D eigenvalue weighted by Gasteiger charge is -2.34. The lowest BCUT2D eigenvalue weighted by molar-refractivity contribution is 0.0970. The Bertz CT molecular complexity index is 1590. The van der Waals surface area contributed by atoms with Crippen LogP contribution in [0.3, 0.4) is 0 Å². The van der Waals surface area contributed by atoms with E-state index in [9.17, 15) is 13.2 Å². The number of aromatic nitrogens is 1. The molecule has 1 saturated heterocycles. The van der Waals surface area contributed by atoms with Gasteiger partial charge in [0.1, 0.15) is 4.83 Å². The average molecular weight is 626 g/mol. The highest BCUT2D eigenvalue weighted by Gasteiger charge is 2.45. The number of quaternary nitrogens is 1. The first-order valence-electron chi connectivity index (χ1n) is 15.6. The van der Waals surface area contributed by atoms with E-state index >= 15 is 0 Å². The van der Waals surface area contributed by atoms with E-state index in [0.29, 0.717) is 23.4 Å². The maximum atomic E-state index is 13.8. The minimum atomic E-state index is -3.39. The number of piperidine rings is 1. The zero-order valence-electron chi connectivity index (χ0n) is 26.5. The summed E-state index contributed by atoms with van der Waals surface area (Å²) in [7, 11) is -3.39. The Morgan fingerprint density at radius 3 is 2.70 bits per heavy atom. The molecule has 7 nitrogen and oxygen atoms in total. The number of anilines is 1. The summed E-state index contributed by atoms with van der Waals surface area (Å²) < 4.78 is 26.4. The second-order valence-corrected chi connectivity index (χ2v) is 17.2. The molecule has 3 aliphatic rings. The fraction of sp³-hybridized carbons (Fsp3) is 0.588. The first-order valence-corrected chi connectivity index (χ1v) is 18.3. The van der Waals surface area contributed by atoms with Gasteiger partial charge in [-0.25, -0.2) is 13.4 Å². The summed E-state index contributed by atoms with van der Waals surface area (Å²) in [5.74, 6) is 0.800. The number of hydrogen-bond acceptors (Lipinski definition) is 6. The summed E-state index contributed by atoms with van der Waals surface area (Å²) in [5.41, 5.74) is 4.93. The van der Waals surface area contributed by atoms with E-state index in [4.69, 9.17) is 4.98 Å². The van der Waals surface area contributed by atoms with E-state index in [1.54, 1.807) is 6.07 Å². The van der Waals surface area contributed by atoms with E-state index in [0.717, 1.165) is 53.0 Å². The van der Waals surface area contributed by atoms with Crippen LogP contribution in [0.2, 0.25) is 0 Å². The molecule has 0 bridgehead atoms. The lowest BCUT2D eigenvalue weighted by atomic mass is 9.71. The quantitative estimate of drug-likeness (QED) is 0.235. The molecular weight excluding hydrogens is 577 g/mol. The third-order valence-electron chi connectivity index (χ3n) is 9.96. The molecule has 3 heterocycles. The van der Waals surface area contributed by atoms with Gasteiger partial charge in [-0.2, -0.15) is 0 Å². The summed E-state index contributed by atoms with van der Waals surface area (Å²) in [4.78, 5) is 23.2. The predicted octanol–water partition coefficient (Wildman–Crippen LogP) is 7.82. The van der Waals surface area contributed by atoms with Crippen molar-refractivity contribution in [2.24, 2.45) is 16.7 Å². The molecule has 9 heteroatoms. The van der Waals surface area contributed by atoms with Crippen molar-refractivity contribution in [3.05, 3.63) is 58.1 Å².